The second-order valence-corrected chi connectivity index (χ2v) is 4.66. The highest BCUT2D eigenvalue weighted by molar-refractivity contribution is 5.40. The number of anilines is 1. The van der Waals surface area contributed by atoms with E-state index < -0.39 is 0 Å². The summed E-state index contributed by atoms with van der Waals surface area (Å²) >= 11 is 0. The van der Waals surface area contributed by atoms with Gasteiger partial charge in [0.05, 0.1) is 0 Å². The number of aryl methyl sites for hydroxylation is 1. The molecule has 0 saturated heterocycles. The molecule has 0 atom stereocenters. The Labute approximate surface area is 85.7 Å². The van der Waals surface area contributed by atoms with E-state index >= 15 is 0 Å². The lowest BCUT2D eigenvalue weighted by Gasteiger charge is -2.21. The van der Waals surface area contributed by atoms with Gasteiger partial charge in [-0.1, -0.05) is 0 Å². The Bertz CT molecular complexity index is 313. The fourth-order valence-corrected chi connectivity index (χ4v) is 1.14. The van der Waals surface area contributed by atoms with Crippen LogP contribution in [-0.4, -0.2) is 10.5 Å². The summed E-state index contributed by atoms with van der Waals surface area (Å²) in [6.07, 6.45) is 1.79. The van der Waals surface area contributed by atoms with Crippen molar-refractivity contribution in [1.82, 2.24) is 10.3 Å². The van der Waals surface area contributed by atoms with Gasteiger partial charge < -0.3 is 11.1 Å². The lowest BCUT2D eigenvalue weighted by atomic mass is 10.1. The molecule has 3 N–H and O–H groups in total. The van der Waals surface area contributed by atoms with Gasteiger partial charge in [0.15, 0.2) is 0 Å². The first-order chi connectivity index (χ1) is 6.38. The van der Waals surface area contributed by atoms with Gasteiger partial charge in [0.2, 0.25) is 0 Å². The Hall–Kier alpha value is -1.09. The molecule has 14 heavy (non-hydrogen) atoms. The van der Waals surface area contributed by atoms with Gasteiger partial charge in [-0.2, -0.15) is 0 Å². The highest BCUT2D eigenvalue weighted by Gasteiger charge is 2.09. The molecule has 0 saturated carbocycles. The van der Waals surface area contributed by atoms with Crippen molar-refractivity contribution in [1.29, 1.82) is 0 Å². The van der Waals surface area contributed by atoms with Crippen LogP contribution in [0.3, 0.4) is 0 Å². The monoisotopic (exact) mass is 193 g/mol. The first-order valence-electron chi connectivity index (χ1n) is 4.84. The van der Waals surface area contributed by atoms with E-state index in [2.05, 4.69) is 37.1 Å². The molecule has 0 radical (unpaired) electrons. The van der Waals surface area contributed by atoms with Gasteiger partial charge in [-0.3, -0.25) is 0 Å². The summed E-state index contributed by atoms with van der Waals surface area (Å²) in [5.74, 6) is 0.618. The third-order valence-corrected chi connectivity index (χ3v) is 1.95. The molecule has 3 heteroatoms. The van der Waals surface area contributed by atoms with Crippen LogP contribution in [0.1, 0.15) is 31.9 Å². The number of hydrogen-bond acceptors (Lipinski definition) is 3. The average molecular weight is 193 g/mol. The predicted molar refractivity (Wildman–Crippen MR) is 60.0 cm³/mol. The lowest BCUT2D eigenvalue weighted by molar-refractivity contribution is 0.424. The summed E-state index contributed by atoms with van der Waals surface area (Å²) in [5.41, 5.74) is 8.09. The summed E-state index contributed by atoms with van der Waals surface area (Å²) in [7, 11) is 0. The van der Waals surface area contributed by atoms with Gasteiger partial charge in [-0.25, -0.2) is 4.98 Å². The summed E-state index contributed by atoms with van der Waals surface area (Å²) in [4.78, 5) is 4.12. The van der Waals surface area contributed by atoms with Crippen molar-refractivity contribution in [3.8, 4) is 0 Å². The van der Waals surface area contributed by atoms with Crippen molar-refractivity contribution in [2.24, 2.45) is 0 Å². The molecule has 1 rings (SSSR count). The molecule has 1 aromatic rings. The quantitative estimate of drug-likeness (QED) is 0.753. The largest absolute Gasteiger partial charge is 0.383 e. The van der Waals surface area contributed by atoms with Crippen molar-refractivity contribution in [2.75, 3.05) is 5.73 Å². The van der Waals surface area contributed by atoms with E-state index in [0.29, 0.717) is 5.82 Å². The SMILES string of the molecule is Cc1cnc(N)c(CNC(C)(C)C)c1. The molecule has 0 aliphatic heterocycles. The van der Waals surface area contributed by atoms with Gasteiger partial charge in [0.1, 0.15) is 5.82 Å². The van der Waals surface area contributed by atoms with E-state index in [4.69, 9.17) is 5.73 Å². The zero-order valence-electron chi connectivity index (χ0n) is 9.39. The number of nitrogens with one attached hydrogen (secondary N) is 1. The van der Waals surface area contributed by atoms with Crippen LogP contribution in [0, 0.1) is 6.92 Å². The van der Waals surface area contributed by atoms with Crippen LogP contribution in [0.15, 0.2) is 12.3 Å². The normalized spacial score (nSPS) is 11.7. The smallest absolute Gasteiger partial charge is 0.127 e. The lowest BCUT2D eigenvalue weighted by Crippen LogP contribution is -2.35. The van der Waals surface area contributed by atoms with E-state index in [0.717, 1.165) is 17.7 Å². The van der Waals surface area contributed by atoms with E-state index in [1.807, 2.05) is 6.92 Å². The number of nitrogens with zero attached hydrogens (tertiary/aromatic N) is 1. The molecule has 0 amide bonds. The van der Waals surface area contributed by atoms with Crippen molar-refractivity contribution < 1.29 is 0 Å². The Balaban J connectivity index is 2.72. The highest BCUT2D eigenvalue weighted by atomic mass is 15.0. The number of hydrogen-bond donors (Lipinski definition) is 2. The molecule has 0 unspecified atom stereocenters. The maximum absolute atomic E-state index is 5.77. The van der Waals surface area contributed by atoms with E-state index in [1.54, 1.807) is 6.20 Å². The third-order valence-electron chi connectivity index (χ3n) is 1.95. The van der Waals surface area contributed by atoms with E-state index in [9.17, 15) is 0 Å². The Kier molecular flexibility index (Phi) is 3.11. The molecule has 1 aromatic heterocycles. The number of nitrogen functional groups attached to an aromatic ring is 1. The number of pyridine rings is 1. The predicted octanol–water partition coefficient (Wildman–Crippen LogP) is 1.86. The molecule has 3 nitrogen and oxygen atoms in total. The molecule has 0 spiro atoms. The van der Waals surface area contributed by atoms with Crippen LogP contribution >= 0.6 is 0 Å². The summed E-state index contributed by atoms with van der Waals surface area (Å²) in [6, 6.07) is 2.07. The number of rotatable bonds is 2. The van der Waals surface area contributed by atoms with Gasteiger partial charge in [0, 0.05) is 23.8 Å². The molecule has 78 valence electrons. The minimum absolute atomic E-state index is 0.107. The van der Waals surface area contributed by atoms with Crippen LogP contribution in [0.4, 0.5) is 5.82 Å². The molecule has 0 fully saturated rings. The van der Waals surface area contributed by atoms with Crippen molar-refractivity contribution >= 4 is 5.82 Å². The maximum atomic E-state index is 5.77. The molecule has 0 aliphatic carbocycles. The highest BCUT2D eigenvalue weighted by Crippen LogP contribution is 2.11. The fraction of sp³-hybridized carbons (Fsp3) is 0.545. The molecular formula is C11H19N3. The van der Waals surface area contributed by atoms with E-state index in [1.165, 1.54) is 0 Å². The molecule has 0 aliphatic rings. The van der Waals surface area contributed by atoms with Crippen LogP contribution in [-0.2, 0) is 6.54 Å². The number of aromatic nitrogens is 1. The van der Waals surface area contributed by atoms with Crippen LogP contribution in [0.5, 0.6) is 0 Å². The van der Waals surface area contributed by atoms with Gasteiger partial charge >= 0.3 is 0 Å². The minimum Gasteiger partial charge on any atom is -0.383 e. The Morgan fingerprint density at radius 2 is 2.07 bits per heavy atom. The average Bonchev–Trinajstić information content (AvgIpc) is 2.05. The topological polar surface area (TPSA) is 50.9 Å². The van der Waals surface area contributed by atoms with Crippen LogP contribution in [0.2, 0.25) is 0 Å². The maximum Gasteiger partial charge on any atom is 0.127 e. The Morgan fingerprint density at radius 3 is 2.64 bits per heavy atom. The zero-order valence-corrected chi connectivity index (χ0v) is 9.39. The molecule has 0 bridgehead atoms. The summed E-state index contributed by atoms with van der Waals surface area (Å²) < 4.78 is 0. The first kappa shape index (κ1) is 11.0. The Morgan fingerprint density at radius 1 is 1.43 bits per heavy atom. The fourth-order valence-electron chi connectivity index (χ4n) is 1.14. The van der Waals surface area contributed by atoms with E-state index in [-0.39, 0.29) is 5.54 Å². The summed E-state index contributed by atoms with van der Waals surface area (Å²) in [5, 5.41) is 3.39. The van der Waals surface area contributed by atoms with Gasteiger partial charge in [0.25, 0.3) is 0 Å². The second kappa shape index (κ2) is 3.96. The van der Waals surface area contributed by atoms with Crippen molar-refractivity contribution in [3.05, 3.63) is 23.4 Å². The van der Waals surface area contributed by atoms with Crippen molar-refractivity contribution in [3.63, 3.8) is 0 Å². The molecule has 0 aromatic carbocycles. The summed E-state index contributed by atoms with van der Waals surface area (Å²) in [6.45, 7) is 9.18. The number of nitrogens with two attached hydrogens (primary N) is 1. The van der Waals surface area contributed by atoms with Crippen molar-refractivity contribution in [2.45, 2.75) is 39.8 Å². The minimum atomic E-state index is 0.107. The van der Waals surface area contributed by atoms with Gasteiger partial charge in [-0.15, -0.1) is 0 Å². The third kappa shape index (κ3) is 3.34. The zero-order chi connectivity index (χ0) is 10.8. The molecule has 1 heterocycles. The standard InChI is InChI=1S/C11H19N3/c1-8-5-9(10(12)13-6-8)7-14-11(2,3)4/h5-6,14H,7H2,1-4H3,(H2,12,13). The first-order valence-corrected chi connectivity index (χ1v) is 4.84. The second-order valence-electron chi connectivity index (χ2n) is 4.66. The van der Waals surface area contributed by atoms with Crippen LogP contribution < -0.4 is 11.1 Å². The molecular weight excluding hydrogens is 174 g/mol. The van der Waals surface area contributed by atoms with Crippen LogP contribution in [0.25, 0.3) is 0 Å². The van der Waals surface area contributed by atoms with Gasteiger partial charge in [-0.05, 0) is 39.3 Å².